The second kappa shape index (κ2) is 9.09. The van der Waals surface area contributed by atoms with Gasteiger partial charge in [0.1, 0.15) is 17.8 Å². The molecule has 0 saturated carbocycles. The average Bonchev–Trinajstić information content (AvgIpc) is 3.33. The van der Waals surface area contributed by atoms with Crippen molar-refractivity contribution >= 4 is 5.91 Å². The van der Waals surface area contributed by atoms with Gasteiger partial charge in [-0.1, -0.05) is 36.4 Å². The van der Waals surface area contributed by atoms with E-state index in [4.69, 9.17) is 4.42 Å². The van der Waals surface area contributed by atoms with Crippen LogP contribution in [0.15, 0.2) is 77.9 Å². The molecule has 1 aliphatic rings. The van der Waals surface area contributed by atoms with Crippen LogP contribution in [0.3, 0.4) is 0 Å². The average molecular weight is 425 g/mol. The lowest BCUT2D eigenvalue weighted by atomic mass is 9.97. The summed E-state index contributed by atoms with van der Waals surface area (Å²) in [5.74, 6) is 1.55. The van der Waals surface area contributed by atoms with Crippen LogP contribution in [0.4, 0.5) is 0 Å². The third-order valence-electron chi connectivity index (χ3n) is 5.68. The molecule has 4 heterocycles. The molecule has 0 radical (unpaired) electrons. The van der Waals surface area contributed by atoms with Crippen LogP contribution in [0.5, 0.6) is 0 Å². The monoisotopic (exact) mass is 425 g/mol. The van der Waals surface area contributed by atoms with Crippen LogP contribution in [0, 0.1) is 0 Å². The first-order valence-corrected chi connectivity index (χ1v) is 10.8. The number of carbonyl (C=O) groups excluding carboxylic acids is 1. The van der Waals surface area contributed by atoms with Gasteiger partial charge in [-0.2, -0.15) is 0 Å². The zero-order chi connectivity index (χ0) is 21.8. The Bertz CT molecular complexity index is 1190. The Morgan fingerprint density at radius 1 is 1.03 bits per heavy atom. The number of carbonyl (C=O) groups is 1. The Balaban J connectivity index is 1.29. The highest BCUT2D eigenvalue weighted by Crippen LogP contribution is 2.28. The lowest BCUT2D eigenvalue weighted by Crippen LogP contribution is -2.39. The van der Waals surface area contributed by atoms with E-state index in [9.17, 15) is 4.79 Å². The summed E-state index contributed by atoms with van der Waals surface area (Å²) in [5, 5.41) is 0. The van der Waals surface area contributed by atoms with Crippen molar-refractivity contribution in [3.63, 3.8) is 0 Å². The van der Waals surface area contributed by atoms with Gasteiger partial charge in [0.2, 0.25) is 0 Å². The molecule has 4 aromatic rings. The summed E-state index contributed by atoms with van der Waals surface area (Å²) in [5.41, 5.74) is 3.07. The van der Waals surface area contributed by atoms with Crippen molar-refractivity contribution in [3.8, 4) is 11.3 Å². The van der Waals surface area contributed by atoms with Crippen molar-refractivity contribution in [3.05, 3.63) is 96.4 Å². The van der Waals surface area contributed by atoms with Gasteiger partial charge >= 0.3 is 0 Å². The van der Waals surface area contributed by atoms with Crippen molar-refractivity contribution in [2.75, 3.05) is 13.1 Å². The van der Waals surface area contributed by atoms with E-state index in [-0.39, 0.29) is 11.8 Å². The molecule has 1 atom stereocenters. The molecule has 0 unspecified atom stereocenters. The number of likely N-dealkylation sites (tertiary alicyclic amines) is 1. The largest absolute Gasteiger partial charge is 0.445 e. The summed E-state index contributed by atoms with van der Waals surface area (Å²) in [6, 6.07) is 15.6. The number of pyridine rings is 1. The van der Waals surface area contributed by atoms with E-state index < -0.39 is 0 Å². The maximum Gasteiger partial charge on any atom is 0.272 e. The number of aromatic nitrogens is 4. The zero-order valence-electron chi connectivity index (χ0n) is 17.6. The molecule has 7 heteroatoms. The first-order valence-electron chi connectivity index (χ1n) is 10.8. The van der Waals surface area contributed by atoms with Gasteiger partial charge in [0, 0.05) is 37.5 Å². The van der Waals surface area contributed by atoms with E-state index in [1.807, 2.05) is 35.2 Å². The highest BCUT2D eigenvalue weighted by atomic mass is 16.4. The highest BCUT2D eigenvalue weighted by molar-refractivity contribution is 5.93. The first-order chi connectivity index (χ1) is 15.8. The fraction of sp³-hybridized carbons (Fsp3) is 0.240. The van der Waals surface area contributed by atoms with Gasteiger partial charge in [0.05, 0.1) is 17.8 Å². The minimum Gasteiger partial charge on any atom is -0.445 e. The predicted octanol–water partition coefficient (Wildman–Crippen LogP) is 4.14. The summed E-state index contributed by atoms with van der Waals surface area (Å²) in [6.07, 6.45) is 9.22. The third-order valence-corrected chi connectivity index (χ3v) is 5.68. The normalized spacial score (nSPS) is 16.1. The Hall–Kier alpha value is -3.87. The van der Waals surface area contributed by atoms with E-state index in [1.165, 1.54) is 11.9 Å². The topological polar surface area (TPSA) is 85.0 Å². The number of hydrogen-bond donors (Lipinski definition) is 0. The van der Waals surface area contributed by atoms with E-state index in [0.29, 0.717) is 36.8 Å². The predicted molar refractivity (Wildman–Crippen MR) is 119 cm³/mol. The molecular weight excluding hydrogens is 402 g/mol. The molecule has 1 aliphatic heterocycles. The molecule has 1 aromatic carbocycles. The Labute approximate surface area is 186 Å². The lowest BCUT2D eigenvalue weighted by Gasteiger charge is -2.31. The quantitative estimate of drug-likeness (QED) is 0.478. The van der Waals surface area contributed by atoms with E-state index in [2.05, 4.69) is 32.1 Å². The number of amides is 1. The lowest BCUT2D eigenvalue weighted by molar-refractivity contribution is 0.0692. The Kier molecular flexibility index (Phi) is 5.70. The van der Waals surface area contributed by atoms with Crippen LogP contribution in [0.1, 0.15) is 46.5 Å². The van der Waals surface area contributed by atoms with Gasteiger partial charge in [-0.05, 0) is 30.5 Å². The minimum absolute atomic E-state index is 0.0792. The molecule has 1 saturated heterocycles. The van der Waals surface area contributed by atoms with Crippen LogP contribution in [-0.2, 0) is 6.42 Å². The molecule has 1 amide bonds. The molecule has 0 spiro atoms. The number of piperidine rings is 1. The summed E-state index contributed by atoms with van der Waals surface area (Å²) < 4.78 is 6.06. The summed E-state index contributed by atoms with van der Waals surface area (Å²) in [4.78, 5) is 32.2. The van der Waals surface area contributed by atoms with Crippen LogP contribution >= 0.6 is 0 Å². The number of rotatable bonds is 5. The van der Waals surface area contributed by atoms with Gasteiger partial charge < -0.3 is 9.32 Å². The molecule has 0 N–H and O–H groups in total. The fourth-order valence-corrected chi connectivity index (χ4v) is 4.06. The van der Waals surface area contributed by atoms with Crippen molar-refractivity contribution < 1.29 is 9.21 Å². The SMILES string of the molecule is O=C(c1cccc(-c2cncnc2)n1)N1CCC[C@H](c2ncc(Cc3ccccc3)o2)C1. The van der Waals surface area contributed by atoms with Gasteiger partial charge in [0.25, 0.3) is 5.91 Å². The smallest absolute Gasteiger partial charge is 0.272 e. The number of benzene rings is 1. The second-order valence-electron chi connectivity index (χ2n) is 7.95. The molecule has 3 aromatic heterocycles. The molecule has 0 aliphatic carbocycles. The van der Waals surface area contributed by atoms with Crippen molar-refractivity contribution in [1.82, 2.24) is 24.8 Å². The van der Waals surface area contributed by atoms with E-state index in [0.717, 1.165) is 24.2 Å². The van der Waals surface area contributed by atoms with E-state index >= 15 is 0 Å². The first kappa shape index (κ1) is 20.1. The highest BCUT2D eigenvalue weighted by Gasteiger charge is 2.29. The van der Waals surface area contributed by atoms with Crippen LogP contribution in [0.2, 0.25) is 0 Å². The van der Waals surface area contributed by atoms with E-state index in [1.54, 1.807) is 24.7 Å². The molecule has 32 heavy (non-hydrogen) atoms. The number of nitrogens with zero attached hydrogens (tertiary/aromatic N) is 5. The fourth-order valence-electron chi connectivity index (χ4n) is 4.06. The van der Waals surface area contributed by atoms with Crippen LogP contribution < -0.4 is 0 Å². The molecule has 7 nitrogen and oxygen atoms in total. The third kappa shape index (κ3) is 4.42. The standard InChI is InChI=1S/C25H23N5O2/c31-25(23-10-4-9-22(29-23)20-13-26-17-27-14-20)30-11-5-8-19(16-30)24-28-15-21(32-24)12-18-6-2-1-3-7-18/h1-4,6-7,9-10,13-15,17,19H,5,8,11-12,16H2/t19-/m0/s1. The van der Waals surface area contributed by atoms with Gasteiger partial charge in [-0.25, -0.2) is 19.9 Å². The number of oxazole rings is 1. The van der Waals surface area contributed by atoms with Crippen LogP contribution in [0.25, 0.3) is 11.3 Å². The van der Waals surface area contributed by atoms with Crippen molar-refractivity contribution in [2.45, 2.75) is 25.2 Å². The Morgan fingerprint density at radius 3 is 2.72 bits per heavy atom. The maximum atomic E-state index is 13.2. The molecular formula is C25H23N5O2. The van der Waals surface area contributed by atoms with Gasteiger partial charge in [-0.15, -0.1) is 0 Å². The summed E-state index contributed by atoms with van der Waals surface area (Å²) >= 11 is 0. The Morgan fingerprint density at radius 2 is 1.88 bits per heavy atom. The summed E-state index contributed by atoms with van der Waals surface area (Å²) in [6.45, 7) is 1.28. The summed E-state index contributed by atoms with van der Waals surface area (Å²) in [7, 11) is 0. The van der Waals surface area contributed by atoms with Gasteiger partial charge in [0.15, 0.2) is 5.89 Å². The molecule has 1 fully saturated rings. The van der Waals surface area contributed by atoms with Crippen LogP contribution in [-0.4, -0.2) is 43.8 Å². The van der Waals surface area contributed by atoms with Crippen molar-refractivity contribution in [1.29, 1.82) is 0 Å². The molecule has 160 valence electrons. The minimum atomic E-state index is -0.0792. The second-order valence-corrected chi connectivity index (χ2v) is 7.95. The zero-order valence-corrected chi connectivity index (χ0v) is 17.6. The molecule has 0 bridgehead atoms. The number of hydrogen-bond acceptors (Lipinski definition) is 6. The molecule has 5 rings (SSSR count). The van der Waals surface area contributed by atoms with Gasteiger partial charge in [-0.3, -0.25) is 4.79 Å². The van der Waals surface area contributed by atoms with Crippen molar-refractivity contribution in [2.24, 2.45) is 0 Å². The maximum absolute atomic E-state index is 13.2.